The molecule has 0 saturated heterocycles. The molecule has 3 rings (SSSR count). The lowest BCUT2D eigenvalue weighted by Crippen LogP contribution is -2.27. The average molecular weight is 321 g/mol. The molecule has 0 atom stereocenters. The fourth-order valence-electron chi connectivity index (χ4n) is 2.67. The van der Waals surface area contributed by atoms with Gasteiger partial charge in [0, 0.05) is 13.6 Å². The lowest BCUT2D eigenvalue weighted by Gasteiger charge is -2.20. The van der Waals surface area contributed by atoms with Crippen LogP contribution in [0.4, 0.5) is 0 Å². The molecule has 24 heavy (non-hydrogen) atoms. The minimum absolute atomic E-state index is 0.0625. The van der Waals surface area contributed by atoms with Crippen LogP contribution >= 0.6 is 0 Å². The molecule has 2 aromatic carbocycles. The standard InChI is InChI=1S/C18H19N5O/c1-13-9-10-16(17(14(13)2)23-12-19-20-21-23)18(24)22(3)11-15-7-5-4-6-8-15/h4-10,12H,11H2,1-3H3. The van der Waals surface area contributed by atoms with E-state index in [9.17, 15) is 4.79 Å². The number of aromatic nitrogens is 4. The molecule has 3 aromatic rings. The topological polar surface area (TPSA) is 63.9 Å². The summed E-state index contributed by atoms with van der Waals surface area (Å²) in [6, 6.07) is 13.7. The van der Waals surface area contributed by atoms with Crippen LogP contribution in [0, 0.1) is 13.8 Å². The number of rotatable bonds is 4. The molecule has 1 aromatic heterocycles. The predicted molar refractivity (Wildman–Crippen MR) is 90.9 cm³/mol. The molecule has 0 radical (unpaired) electrons. The summed E-state index contributed by atoms with van der Waals surface area (Å²) in [6.45, 7) is 4.52. The number of nitrogens with zero attached hydrogens (tertiary/aromatic N) is 5. The van der Waals surface area contributed by atoms with E-state index in [1.54, 1.807) is 16.6 Å². The van der Waals surface area contributed by atoms with E-state index in [0.717, 1.165) is 22.4 Å². The second-order valence-electron chi connectivity index (χ2n) is 5.80. The van der Waals surface area contributed by atoms with E-state index in [4.69, 9.17) is 0 Å². The van der Waals surface area contributed by atoms with Crippen molar-refractivity contribution in [1.82, 2.24) is 25.1 Å². The number of hydrogen-bond donors (Lipinski definition) is 0. The van der Waals surface area contributed by atoms with Crippen LogP contribution in [-0.2, 0) is 6.54 Å². The van der Waals surface area contributed by atoms with E-state index in [1.807, 2.05) is 56.3 Å². The lowest BCUT2D eigenvalue weighted by atomic mass is 10.0. The predicted octanol–water partition coefficient (Wildman–Crippen LogP) is 2.55. The first kappa shape index (κ1) is 15.9. The molecule has 0 aliphatic carbocycles. The van der Waals surface area contributed by atoms with Gasteiger partial charge in [0.15, 0.2) is 0 Å². The third-order valence-electron chi connectivity index (χ3n) is 4.12. The zero-order valence-corrected chi connectivity index (χ0v) is 14.0. The summed E-state index contributed by atoms with van der Waals surface area (Å²) >= 11 is 0. The Balaban J connectivity index is 1.97. The molecule has 1 heterocycles. The maximum atomic E-state index is 13.0. The summed E-state index contributed by atoms with van der Waals surface area (Å²) in [5.74, 6) is -0.0625. The zero-order valence-electron chi connectivity index (χ0n) is 14.0. The molecular weight excluding hydrogens is 302 g/mol. The molecule has 0 N–H and O–H groups in total. The van der Waals surface area contributed by atoms with Crippen molar-refractivity contribution in [2.45, 2.75) is 20.4 Å². The Hall–Kier alpha value is -3.02. The Kier molecular flexibility index (Phi) is 4.37. The van der Waals surface area contributed by atoms with Gasteiger partial charge in [-0.25, -0.2) is 0 Å². The van der Waals surface area contributed by atoms with Gasteiger partial charge in [-0.2, -0.15) is 4.68 Å². The normalized spacial score (nSPS) is 10.6. The number of hydrogen-bond acceptors (Lipinski definition) is 4. The van der Waals surface area contributed by atoms with E-state index in [-0.39, 0.29) is 5.91 Å². The highest BCUT2D eigenvalue weighted by atomic mass is 16.2. The van der Waals surface area contributed by atoms with Gasteiger partial charge < -0.3 is 4.90 Å². The van der Waals surface area contributed by atoms with Crippen molar-refractivity contribution in [2.75, 3.05) is 7.05 Å². The van der Waals surface area contributed by atoms with Gasteiger partial charge >= 0.3 is 0 Å². The second kappa shape index (κ2) is 6.62. The van der Waals surface area contributed by atoms with Crippen molar-refractivity contribution >= 4 is 5.91 Å². The molecule has 0 fully saturated rings. The van der Waals surface area contributed by atoms with Gasteiger partial charge in [0.25, 0.3) is 5.91 Å². The van der Waals surface area contributed by atoms with Crippen LogP contribution in [0.1, 0.15) is 27.0 Å². The summed E-state index contributed by atoms with van der Waals surface area (Å²) in [4.78, 5) is 14.7. The van der Waals surface area contributed by atoms with Gasteiger partial charge in [0.2, 0.25) is 0 Å². The highest BCUT2D eigenvalue weighted by Crippen LogP contribution is 2.23. The van der Waals surface area contributed by atoms with Crippen molar-refractivity contribution in [3.05, 3.63) is 71.0 Å². The average Bonchev–Trinajstić information content (AvgIpc) is 3.11. The van der Waals surface area contributed by atoms with Crippen molar-refractivity contribution in [3.63, 3.8) is 0 Å². The molecule has 6 nitrogen and oxygen atoms in total. The second-order valence-corrected chi connectivity index (χ2v) is 5.80. The molecule has 6 heteroatoms. The first-order valence-electron chi connectivity index (χ1n) is 7.71. The number of tetrazole rings is 1. The van der Waals surface area contributed by atoms with Crippen LogP contribution < -0.4 is 0 Å². The van der Waals surface area contributed by atoms with Crippen LogP contribution in [0.2, 0.25) is 0 Å². The maximum Gasteiger partial charge on any atom is 0.256 e. The first-order valence-corrected chi connectivity index (χ1v) is 7.71. The lowest BCUT2D eigenvalue weighted by molar-refractivity contribution is 0.0785. The largest absolute Gasteiger partial charge is 0.337 e. The number of carbonyl (C=O) groups is 1. The summed E-state index contributed by atoms with van der Waals surface area (Å²) in [5.41, 5.74) is 4.47. The van der Waals surface area contributed by atoms with Gasteiger partial charge in [-0.1, -0.05) is 36.4 Å². The van der Waals surface area contributed by atoms with Crippen molar-refractivity contribution in [3.8, 4) is 5.69 Å². The van der Waals surface area contributed by atoms with Crippen LogP contribution in [0.15, 0.2) is 48.8 Å². The number of carbonyl (C=O) groups excluding carboxylic acids is 1. The van der Waals surface area contributed by atoms with E-state index in [2.05, 4.69) is 15.5 Å². The summed E-state index contributed by atoms with van der Waals surface area (Å²) < 4.78 is 1.55. The van der Waals surface area contributed by atoms with E-state index >= 15 is 0 Å². The molecule has 0 aliphatic rings. The molecule has 0 bridgehead atoms. The van der Waals surface area contributed by atoms with Gasteiger partial charge in [0.05, 0.1) is 11.3 Å². The van der Waals surface area contributed by atoms with Crippen molar-refractivity contribution in [2.24, 2.45) is 0 Å². The van der Waals surface area contributed by atoms with E-state index in [0.29, 0.717) is 12.1 Å². The van der Waals surface area contributed by atoms with Crippen LogP contribution in [0.3, 0.4) is 0 Å². The minimum Gasteiger partial charge on any atom is -0.337 e. The Bertz CT molecular complexity index is 843. The number of benzene rings is 2. The number of amides is 1. The van der Waals surface area contributed by atoms with Gasteiger partial charge in [-0.05, 0) is 47.0 Å². The quantitative estimate of drug-likeness (QED) is 0.741. The van der Waals surface area contributed by atoms with Gasteiger partial charge in [-0.15, -0.1) is 5.10 Å². The summed E-state index contributed by atoms with van der Waals surface area (Å²) in [5, 5.41) is 11.3. The third kappa shape index (κ3) is 3.03. The Morgan fingerprint density at radius 2 is 1.88 bits per heavy atom. The van der Waals surface area contributed by atoms with E-state index in [1.165, 1.54) is 6.33 Å². The minimum atomic E-state index is -0.0625. The smallest absolute Gasteiger partial charge is 0.256 e. The molecule has 0 saturated carbocycles. The Morgan fingerprint density at radius 1 is 1.12 bits per heavy atom. The molecular formula is C18H19N5O. The SMILES string of the molecule is Cc1ccc(C(=O)N(C)Cc2ccccc2)c(-n2cnnn2)c1C. The summed E-state index contributed by atoms with van der Waals surface area (Å²) in [6.07, 6.45) is 1.51. The molecule has 122 valence electrons. The summed E-state index contributed by atoms with van der Waals surface area (Å²) in [7, 11) is 1.80. The molecule has 0 spiro atoms. The van der Waals surface area contributed by atoms with Crippen LogP contribution in [-0.4, -0.2) is 38.1 Å². The monoisotopic (exact) mass is 321 g/mol. The van der Waals surface area contributed by atoms with E-state index < -0.39 is 0 Å². The fraction of sp³-hybridized carbons (Fsp3) is 0.222. The van der Waals surface area contributed by atoms with Crippen molar-refractivity contribution < 1.29 is 4.79 Å². The fourth-order valence-corrected chi connectivity index (χ4v) is 2.67. The molecule has 1 amide bonds. The first-order chi connectivity index (χ1) is 11.6. The zero-order chi connectivity index (χ0) is 17.1. The highest BCUT2D eigenvalue weighted by Gasteiger charge is 2.20. The van der Waals surface area contributed by atoms with Crippen molar-refractivity contribution in [1.29, 1.82) is 0 Å². The molecule has 0 aliphatic heterocycles. The van der Waals surface area contributed by atoms with Crippen LogP contribution in [0.5, 0.6) is 0 Å². The highest BCUT2D eigenvalue weighted by molar-refractivity contribution is 5.98. The third-order valence-corrected chi connectivity index (χ3v) is 4.12. The van der Waals surface area contributed by atoms with Gasteiger partial charge in [0.1, 0.15) is 6.33 Å². The number of aryl methyl sites for hydroxylation is 1. The maximum absolute atomic E-state index is 13.0. The Morgan fingerprint density at radius 3 is 2.54 bits per heavy atom. The van der Waals surface area contributed by atoms with Gasteiger partial charge in [-0.3, -0.25) is 4.79 Å². The molecule has 0 unspecified atom stereocenters. The Labute approximate surface area is 140 Å². The van der Waals surface area contributed by atoms with Crippen LogP contribution in [0.25, 0.3) is 5.69 Å².